The SMILES string of the molecule is CC(C)CCCCCCCCCCCCCCCOC(=O)CCCCC(=O)OCCCCCCCCCCCCCCCC(C)C. The molecule has 0 spiro atoms. The summed E-state index contributed by atoms with van der Waals surface area (Å²) in [7, 11) is 0. The molecule has 0 rings (SSSR count). The van der Waals surface area contributed by atoms with Crippen LogP contribution < -0.4 is 0 Å². The molecule has 46 heavy (non-hydrogen) atoms. The van der Waals surface area contributed by atoms with Gasteiger partial charge in [-0.1, -0.05) is 195 Å². The van der Waals surface area contributed by atoms with Crippen LogP contribution in [0.4, 0.5) is 0 Å². The average Bonchev–Trinajstić information content (AvgIpc) is 3.02. The second-order valence-corrected chi connectivity index (χ2v) is 15.2. The summed E-state index contributed by atoms with van der Waals surface area (Å²) in [5.41, 5.74) is 0. The molecule has 0 radical (unpaired) electrons. The van der Waals surface area contributed by atoms with Crippen molar-refractivity contribution in [1.29, 1.82) is 0 Å². The predicted molar refractivity (Wildman–Crippen MR) is 199 cm³/mol. The van der Waals surface area contributed by atoms with Crippen molar-refractivity contribution in [2.24, 2.45) is 11.8 Å². The average molecular weight is 651 g/mol. The fourth-order valence-corrected chi connectivity index (χ4v) is 6.25. The van der Waals surface area contributed by atoms with Gasteiger partial charge in [0.2, 0.25) is 0 Å². The third kappa shape index (κ3) is 39.1. The van der Waals surface area contributed by atoms with Gasteiger partial charge in [0.1, 0.15) is 0 Å². The van der Waals surface area contributed by atoms with Gasteiger partial charge in [-0.15, -0.1) is 0 Å². The maximum atomic E-state index is 12.0. The quantitative estimate of drug-likeness (QED) is 0.0496. The van der Waals surface area contributed by atoms with Gasteiger partial charge in [0.15, 0.2) is 0 Å². The van der Waals surface area contributed by atoms with Gasteiger partial charge in [0.25, 0.3) is 0 Å². The molecule has 0 aliphatic heterocycles. The molecule has 0 bridgehead atoms. The van der Waals surface area contributed by atoms with Crippen LogP contribution in [0.1, 0.15) is 233 Å². The lowest BCUT2D eigenvalue weighted by molar-refractivity contribution is -0.146. The highest BCUT2D eigenvalue weighted by Crippen LogP contribution is 2.16. The zero-order chi connectivity index (χ0) is 33.8. The topological polar surface area (TPSA) is 52.6 Å². The van der Waals surface area contributed by atoms with Gasteiger partial charge in [-0.05, 0) is 37.5 Å². The molecule has 0 aromatic carbocycles. The molecule has 0 unspecified atom stereocenters. The number of carbonyl (C=O) groups excluding carboxylic acids is 2. The van der Waals surface area contributed by atoms with Crippen LogP contribution in [-0.4, -0.2) is 25.2 Å². The lowest BCUT2D eigenvalue weighted by atomic mass is 10.0. The highest BCUT2D eigenvalue weighted by molar-refractivity contribution is 5.70. The van der Waals surface area contributed by atoms with E-state index in [0.29, 0.717) is 38.9 Å². The number of esters is 2. The molecular formula is C42H82O4. The van der Waals surface area contributed by atoms with Gasteiger partial charge in [-0.25, -0.2) is 0 Å². The van der Waals surface area contributed by atoms with E-state index in [0.717, 1.165) is 37.5 Å². The van der Waals surface area contributed by atoms with Crippen LogP contribution in [0.2, 0.25) is 0 Å². The summed E-state index contributed by atoms with van der Waals surface area (Å²) in [6, 6.07) is 0. The molecule has 0 N–H and O–H groups in total. The van der Waals surface area contributed by atoms with Gasteiger partial charge in [-0.3, -0.25) is 9.59 Å². The number of ether oxygens (including phenoxy) is 2. The highest BCUT2D eigenvalue weighted by Gasteiger charge is 2.06. The first kappa shape index (κ1) is 44.9. The maximum Gasteiger partial charge on any atom is 0.305 e. The Hall–Kier alpha value is -1.06. The first-order valence-electron chi connectivity index (χ1n) is 20.7. The van der Waals surface area contributed by atoms with E-state index in [2.05, 4.69) is 27.7 Å². The van der Waals surface area contributed by atoms with Gasteiger partial charge >= 0.3 is 11.9 Å². The summed E-state index contributed by atoms with van der Waals surface area (Å²) < 4.78 is 10.8. The van der Waals surface area contributed by atoms with Crippen molar-refractivity contribution in [2.75, 3.05) is 13.2 Å². The number of carbonyl (C=O) groups is 2. The minimum Gasteiger partial charge on any atom is -0.466 e. The van der Waals surface area contributed by atoms with Crippen molar-refractivity contribution in [3.8, 4) is 0 Å². The Kier molecular flexibility index (Phi) is 35.9. The monoisotopic (exact) mass is 651 g/mol. The van der Waals surface area contributed by atoms with E-state index >= 15 is 0 Å². The molecule has 0 aliphatic rings. The molecule has 0 saturated heterocycles. The van der Waals surface area contributed by atoms with Crippen LogP contribution in [-0.2, 0) is 19.1 Å². The smallest absolute Gasteiger partial charge is 0.305 e. The van der Waals surface area contributed by atoms with Crippen molar-refractivity contribution >= 4 is 11.9 Å². The van der Waals surface area contributed by atoms with Crippen LogP contribution in [0, 0.1) is 11.8 Å². The van der Waals surface area contributed by atoms with E-state index in [1.165, 1.54) is 154 Å². The second kappa shape index (κ2) is 36.8. The van der Waals surface area contributed by atoms with E-state index in [4.69, 9.17) is 9.47 Å². The molecule has 4 nitrogen and oxygen atoms in total. The summed E-state index contributed by atoms with van der Waals surface area (Å²) in [6.07, 6.45) is 39.5. The van der Waals surface area contributed by atoms with Gasteiger partial charge in [-0.2, -0.15) is 0 Å². The van der Waals surface area contributed by atoms with E-state index < -0.39 is 0 Å². The van der Waals surface area contributed by atoms with Crippen molar-refractivity contribution < 1.29 is 19.1 Å². The number of hydrogen-bond acceptors (Lipinski definition) is 4. The lowest BCUT2D eigenvalue weighted by Gasteiger charge is -2.06. The molecule has 0 saturated carbocycles. The van der Waals surface area contributed by atoms with Crippen LogP contribution in [0.25, 0.3) is 0 Å². The van der Waals surface area contributed by atoms with Crippen molar-refractivity contribution in [2.45, 2.75) is 233 Å². The predicted octanol–water partition coefficient (Wildman–Crippen LogP) is 13.9. The van der Waals surface area contributed by atoms with Crippen molar-refractivity contribution in [3.63, 3.8) is 0 Å². The minimum absolute atomic E-state index is 0.124. The van der Waals surface area contributed by atoms with Gasteiger partial charge in [0, 0.05) is 12.8 Å². The molecule has 0 aromatic heterocycles. The minimum atomic E-state index is -0.124. The zero-order valence-electron chi connectivity index (χ0n) is 31.8. The van der Waals surface area contributed by atoms with Gasteiger partial charge < -0.3 is 9.47 Å². The summed E-state index contributed by atoms with van der Waals surface area (Å²) in [6.45, 7) is 10.4. The Morgan fingerprint density at radius 3 is 0.783 bits per heavy atom. The molecule has 274 valence electrons. The van der Waals surface area contributed by atoms with E-state index in [-0.39, 0.29) is 11.9 Å². The van der Waals surface area contributed by atoms with Crippen LogP contribution in [0.3, 0.4) is 0 Å². The Labute approximate surface area is 288 Å². The molecule has 0 amide bonds. The Morgan fingerprint density at radius 2 is 0.543 bits per heavy atom. The first-order chi connectivity index (χ1) is 22.4. The number of rotatable bonds is 37. The largest absolute Gasteiger partial charge is 0.466 e. The van der Waals surface area contributed by atoms with Gasteiger partial charge in [0.05, 0.1) is 13.2 Å². The second-order valence-electron chi connectivity index (χ2n) is 15.2. The van der Waals surface area contributed by atoms with Crippen LogP contribution in [0.15, 0.2) is 0 Å². The third-order valence-electron chi connectivity index (χ3n) is 9.39. The first-order valence-corrected chi connectivity index (χ1v) is 20.7. The molecule has 0 aliphatic carbocycles. The van der Waals surface area contributed by atoms with E-state index in [9.17, 15) is 9.59 Å². The maximum absolute atomic E-state index is 12.0. The molecule has 4 heteroatoms. The fraction of sp³-hybridized carbons (Fsp3) is 0.952. The molecule has 0 aromatic rings. The summed E-state index contributed by atoms with van der Waals surface area (Å²) in [5.74, 6) is 1.47. The number of unbranched alkanes of at least 4 members (excludes halogenated alkanes) is 25. The lowest BCUT2D eigenvalue weighted by Crippen LogP contribution is -2.08. The summed E-state index contributed by atoms with van der Waals surface area (Å²) in [5, 5.41) is 0. The van der Waals surface area contributed by atoms with Crippen molar-refractivity contribution in [3.05, 3.63) is 0 Å². The van der Waals surface area contributed by atoms with Crippen molar-refractivity contribution in [1.82, 2.24) is 0 Å². The summed E-state index contributed by atoms with van der Waals surface area (Å²) in [4.78, 5) is 23.9. The fourth-order valence-electron chi connectivity index (χ4n) is 6.25. The van der Waals surface area contributed by atoms with E-state index in [1.807, 2.05) is 0 Å². The third-order valence-corrected chi connectivity index (χ3v) is 9.39. The zero-order valence-corrected chi connectivity index (χ0v) is 31.8. The highest BCUT2D eigenvalue weighted by atomic mass is 16.5. The molecule has 0 atom stereocenters. The Bertz CT molecular complexity index is 575. The normalized spacial score (nSPS) is 11.5. The molecule has 0 fully saturated rings. The summed E-state index contributed by atoms with van der Waals surface area (Å²) >= 11 is 0. The van der Waals surface area contributed by atoms with E-state index in [1.54, 1.807) is 0 Å². The Balaban J connectivity index is 3.26. The standard InChI is InChI=1S/C42H82O4/c1-39(2)33-27-23-19-15-11-7-5-9-13-17-21-25-31-37-45-41(43)35-29-30-36-42(44)46-38-32-26-22-18-14-10-6-8-12-16-20-24-28-34-40(3)4/h39-40H,5-38H2,1-4H3. The molecule has 0 heterocycles. The molecular weight excluding hydrogens is 568 g/mol. The van der Waals surface area contributed by atoms with Crippen LogP contribution >= 0.6 is 0 Å². The number of hydrogen-bond donors (Lipinski definition) is 0. The Morgan fingerprint density at radius 1 is 0.326 bits per heavy atom. The van der Waals surface area contributed by atoms with Crippen LogP contribution in [0.5, 0.6) is 0 Å².